The van der Waals surface area contributed by atoms with Crippen molar-refractivity contribution in [1.29, 1.82) is 0 Å². The second-order valence-corrected chi connectivity index (χ2v) is 6.18. The number of rotatable bonds is 8. The first-order valence-corrected chi connectivity index (χ1v) is 7.57. The SMILES string of the molecule is CN(c1ccc(C=O)cc1)C(F)(F)C(F)(F)C(F)(F)C(F)(F)C(F)(F)C(F)(F)C(F)(F)F. The Morgan fingerprint density at radius 2 is 0.938 bits per heavy atom. The van der Waals surface area contributed by atoms with Crippen LogP contribution in [0.15, 0.2) is 24.3 Å². The molecule has 1 aromatic carbocycles. The van der Waals surface area contributed by atoms with Crippen LogP contribution < -0.4 is 4.90 Å². The maximum Gasteiger partial charge on any atom is 0.460 e. The van der Waals surface area contributed by atoms with Crippen molar-refractivity contribution >= 4 is 12.0 Å². The average molecular weight is 503 g/mol. The van der Waals surface area contributed by atoms with Crippen molar-refractivity contribution in [2.45, 2.75) is 41.8 Å². The fraction of sp³-hybridized carbons (Fsp3) is 0.533. The molecule has 184 valence electrons. The van der Waals surface area contributed by atoms with Gasteiger partial charge in [0.25, 0.3) is 0 Å². The molecule has 0 aromatic heterocycles. The number of halogens is 15. The second kappa shape index (κ2) is 7.60. The van der Waals surface area contributed by atoms with Crippen LogP contribution in [0.1, 0.15) is 10.4 Å². The van der Waals surface area contributed by atoms with Crippen LogP contribution in [0.5, 0.6) is 0 Å². The second-order valence-electron chi connectivity index (χ2n) is 6.18. The number of carbonyl (C=O) groups excluding carboxylic acids is 1. The summed E-state index contributed by atoms with van der Waals surface area (Å²) < 4.78 is 198. The van der Waals surface area contributed by atoms with Gasteiger partial charge >= 0.3 is 41.8 Å². The van der Waals surface area contributed by atoms with Crippen LogP contribution in [0, 0.1) is 0 Å². The van der Waals surface area contributed by atoms with Crippen molar-refractivity contribution in [2.24, 2.45) is 0 Å². The Bertz CT molecular complexity index is 828. The predicted molar refractivity (Wildman–Crippen MR) is 76.0 cm³/mol. The summed E-state index contributed by atoms with van der Waals surface area (Å²) in [5.41, 5.74) is -1.46. The van der Waals surface area contributed by atoms with Gasteiger partial charge in [0.15, 0.2) is 0 Å². The molecule has 0 atom stereocenters. The highest BCUT2D eigenvalue weighted by molar-refractivity contribution is 5.75. The number of hydrogen-bond donors (Lipinski definition) is 0. The van der Waals surface area contributed by atoms with Gasteiger partial charge in [-0.15, -0.1) is 0 Å². The zero-order valence-electron chi connectivity index (χ0n) is 14.9. The van der Waals surface area contributed by atoms with Crippen molar-refractivity contribution in [3.63, 3.8) is 0 Å². The molecular formula is C15H8F15NO. The summed E-state index contributed by atoms with van der Waals surface area (Å²) >= 11 is 0. The topological polar surface area (TPSA) is 20.3 Å². The van der Waals surface area contributed by atoms with Crippen LogP contribution in [0.4, 0.5) is 71.5 Å². The number of benzene rings is 1. The van der Waals surface area contributed by atoms with Gasteiger partial charge in [-0.3, -0.25) is 4.79 Å². The molecule has 0 saturated heterocycles. The molecule has 0 heterocycles. The van der Waals surface area contributed by atoms with Gasteiger partial charge in [-0.05, 0) is 24.3 Å². The van der Waals surface area contributed by atoms with Gasteiger partial charge in [-0.2, -0.15) is 65.9 Å². The Hall–Kier alpha value is -2.36. The van der Waals surface area contributed by atoms with E-state index in [1.807, 2.05) is 0 Å². The van der Waals surface area contributed by atoms with Crippen molar-refractivity contribution < 1.29 is 70.7 Å². The van der Waals surface area contributed by atoms with Gasteiger partial charge in [0.1, 0.15) is 6.29 Å². The minimum absolute atomic E-state index is 0.105. The Balaban J connectivity index is 3.58. The zero-order valence-corrected chi connectivity index (χ0v) is 14.9. The lowest BCUT2D eigenvalue weighted by Crippen LogP contribution is -2.74. The minimum atomic E-state index is -8.34. The molecule has 0 amide bonds. The van der Waals surface area contributed by atoms with E-state index in [-0.39, 0.29) is 18.9 Å². The normalized spacial score (nSPS) is 15.0. The molecule has 0 fully saturated rings. The number of hydrogen-bond acceptors (Lipinski definition) is 2. The third kappa shape index (κ3) is 3.62. The van der Waals surface area contributed by atoms with Gasteiger partial charge in [0.05, 0.1) is 0 Å². The standard InChI is InChI=1S/C15H8F15NO/c1-31(8-4-2-7(6-32)3-5-8)15(29,30)13(24,25)11(20,21)9(16,17)10(18,19)12(22,23)14(26,27)28/h2-6H,1H3. The summed E-state index contributed by atoms with van der Waals surface area (Å²) in [6.07, 6.45) is -7.54. The largest absolute Gasteiger partial charge is 0.460 e. The molecule has 0 unspecified atom stereocenters. The van der Waals surface area contributed by atoms with Crippen molar-refractivity contribution in [3.8, 4) is 0 Å². The predicted octanol–water partition coefficient (Wildman–Crippen LogP) is 6.27. The fourth-order valence-corrected chi connectivity index (χ4v) is 2.11. The number of nitrogens with zero attached hydrogens (tertiary/aromatic N) is 1. The third-order valence-electron chi connectivity index (χ3n) is 4.15. The van der Waals surface area contributed by atoms with Gasteiger partial charge < -0.3 is 4.90 Å². The number of carbonyl (C=O) groups is 1. The quantitative estimate of drug-likeness (QED) is 0.237. The summed E-state index contributed by atoms with van der Waals surface area (Å²) in [7, 11) is -0.138. The van der Waals surface area contributed by atoms with Crippen LogP contribution in [0.3, 0.4) is 0 Å². The number of anilines is 1. The first kappa shape index (κ1) is 27.7. The molecule has 0 aliphatic carbocycles. The zero-order chi connectivity index (χ0) is 25.8. The van der Waals surface area contributed by atoms with E-state index in [2.05, 4.69) is 0 Å². The van der Waals surface area contributed by atoms with E-state index in [1.54, 1.807) is 0 Å². The van der Waals surface area contributed by atoms with E-state index in [4.69, 9.17) is 0 Å². The molecule has 1 aromatic rings. The molecule has 17 heteroatoms. The average Bonchev–Trinajstić information content (AvgIpc) is 2.65. The molecular weight excluding hydrogens is 495 g/mol. The van der Waals surface area contributed by atoms with E-state index in [0.29, 0.717) is 24.3 Å². The van der Waals surface area contributed by atoms with Crippen molar-refractivity contribution in [3.05, 3.63) is 29.8 Å². The van der Waals surface area contributed by atoms with Crippen LogP contribution in [0.25, 0.3) is 0 Å². The highest BCUT2D eigenvalue weighted by atomic mass is 19.4. The monoisotopic (exact) mass is 503 g/mol. The van der Waals surface area contributed by atoms with Crippen LogP contribution in [-0.2, 0) is 0 Å². The molecule has 0 aliphatic rings. The molecule has 0 bridgehead atoms. The van der Waals surface area contributed by atoms with Crippen LogP contribution >= 0.6 is 0 Å². The van der Waals surface area contributed by atoms with Crippen LogP contribution in [0.2, 0.25) is 0 Å². The Kier molecular flexibility index (Phi) is 6.58. The highest BCUT2D eigenvalue weighted by Crippen LogP contribution is 2.62. The molecule has 32 heavy (non-hydrogen) atoms. The first-order valence-electron chi connectivity index (χ1n) is 7.57. The molecule has 0 aliphatic heterocycles. The lowest BCUT2D eigenvalue weighted by molar-refractivity contribution is -0.452. The Morgan fingerprint density at radius 3 is 1.28 bits per heavy atom. The van der Waals surface area contributed by atoms with Gasteiger partial charge in [0, 0.05) is 18.3 Å². The van der Waals surface area contributed by atoms with E-state index < -0.39 is 52.4 Å². The van der Waals surface area contributed by atoms with Crippen molar-refractivity contribution in [1.82, 2.24) is 0 Å². The lowest BCUT2D eigenvalue weighted by atomic mass is 9.92. The number of aldehydes is 1. The summed E-state index contributed by atoms with van der Waals surface area (Å²) in [4.78, 5) is 9.29. The molecule has 0 spiro atoms. The molecule has 1 rings (SSSR count). The maximum absolute atomic E-state index is 14.0. The van der Waals surface area contributed by atoms with Gasteiger partial charge in [-0.25, -0.2) is 0 Å². The van der Waals surface area contributed by atoms with E-state index in [1.165, 1.54) is 0 Å². The van der Waals surface area contributed by atoms with Gasteiger partial charge in [-0.1, -0.05) is 0 Å². The van der Waals surface area contributed by atoms with Crippen molar-refractivity contribution in [2.75, 3.05) is 11.9 Å². The molecule has 0 N–H and O–H groups in total. The highest BCUT2D eigenvalue weighted by Gasteiger charge is 2.93. The first-order chi connectivity index (χ1) is 13.9. The van der Waals surface area contributed by atoms with Crippen LogP contribution in [-0.4, -0.2) is 55.2 Å². The Morgan fingerprint density at radius 1 is 0.594 bits per heavy atom. The Labute approximate surface area is 167 Å². The van der Waals surface area contributed by atoms with E-state index >= 15 is 0 Å². The minimum Gasteiger partial charge on any atom is -0.311 e. The molecule has 0 radical (unpaired) electrons. The molecule has 2 nitrogen and oxygen atoms in total. The maximum atomic E-state index is 14.0. The van der Waals surface area contributed by atoms with E-state index in [0.717, 1.165) is 0 Å². The summed E-state index contributed by atoms with van der Waals surface area (Å²) in [5, 5.41) is 0. The fourth-order valence-electron chi connectivity index (χ4n) is 2.11. The summed E-state index contributed by atoms with van der Waals surface area (Å²) in [6.45, 7) is 0. The summed E-state index contributed by atoms with van der Waals surface area (Å²) in [6, 6.07) is -4.46. The third-order valence-corrected chi connectivity index (χ3v) is 4.15. The molecule has 0 saturated carbocycles. The smallest absolute Gasteiger partial charge is 0.311 e. The summed E-state index contributed by atoms with van der Waals surface area (Å²) in [5.74, 6) is -40.4. The van der Waals surface area contributed by atoms with Gasteiger partial charge in [0.2, 0.25) is 0 Å². The van der Waals surface area contributed by atoms with E-state index in [9.17, 15) is 70.7 Å². The lowest BCUT2D eigenvalue weighted by Gasteiger charge is -2.43. The number of alkyl halides is 15.